The summed E-state index contributed by atoms with van der Waals surface area (Å²) >= 11 is 2.83. The fourth-order valence-electron chi connectivity index (χ4n) is 2.09. The van der Waals surface area contributed by atoms with Crippen molar-refractivity contribution in [3.8, 4) is 5.75 Å². The molecule has 3 nitrogen and oxygen atoms in total. The van der Waals surface area contributed by atoms with Crippen molar-refractivity contribution in [2.75, 3.05) is 12.4 Å². The van der Waals surface area contributed by atoms with Gasteiger partial charge in [-0.15, -0.1) is 11.3 Å². The van der Waals surface area contributed by atoms with Crippen LogP contribution in [0.25, 0.3) is 10.2 Å². The molecule has 23 heavy (non-hydrogen) atoms. The Morgan fingerprint density at radius 3 is 2.91 bits per heavy atom. The zero-order valence-corrected chi connectivity index (χ0v) is 14.0. The van der Waals surface area contributed by atoms with E-state index in [0.717, 1.165) is 20.3 Å². The van der Waals surface area contributed by atoms with Crippen LogP contribution < -0.4 is 4.74 Å². The first-order valence-corrected chi connectivity index (χ1v) is 8.91. The zero-order valence-electron chi connectivity index (χ0n) is 12.4. The van der Waals surface area contributed by atoms with Crippen LogP contribution in [0.2, 0.25) is 0 Å². The molecule has 0 fully saturated rings. The minimum atomic E-state index is -0.483. The summed E-state index contributed by atoms with van der Waals surface area (Å²) in [6.07, 6.45) is 0. The molecule has 0 saturated carbocycles. The van der Waals surface area contributed by atoms with Crippen LogP contribution in [0.5, 0.6) is 5.75 Å². The number of thioether (sulfide) groups is 1. The molecule has 0 aliphatic carbocycles. The van der Waals surface area contributed by atoms with Crippen LogP contribution in [-0.2, 0) is 0 Å². The van der Waals surface area contributed by atoms with Crippen LogP contribution in [0.1, 0.15) is 17.3 Å². The summed E-state index contributed by atoms with van der Waals surface area (Å²) < 4.78 is 20.9. The van der Waals surface area contributed by atoms with Crippen molar-refractivity contribution >= 4 is 39.1 Å². The van der Waals surface area contributed by atoms with Gasteiger partial charge in [-0.05, 0) is 37.3 Å². The summed E-state index contributed by atoms with van der Waals surface area (Å²) in [6, 6.07) is 11.8. The van der Waals surface area contributed by atoms with E-state index in [9.17, 15) is 9.18 Å². The van der Waals surface area contributed by atoms with E-state index >= 15 is 0 Å². The molecule has 3 aromatic rings. The second kappa shape index (κ2) is 7.10. The second-order valence-corrected chi connectivity index (χ2v) is 6.99. The average Bonchev–Trinajstić information content (AvgIpc) is 2.95. The van der Waals surface area contributed by atoms with Gasteiger partial charge in [0, 0.05) is 0 Å². The molecule has 2 aromatic carbocycles. The van der Waals surface area contributed by atoms with E-state index in [2.05, 4.69) is 4.98 Å². The molecule has 1 aromatic heterocycles. The van der Waals surface area contributed by atoms with Crippen LogP contribution in [-0.4, -0.2) is 23.1 Å². The lowest BCUT2D eigenvalue weighted by Gasteiger charge is -2.00. The second-order valence-electron chi connectivity index (χ2n) is 4.73. The predicted octanol–water partition coefficient (Wildman–Crippen LogP) is 4.81. The van der Waals surface area contributed by atoms with Crippen LogP contribution in [0.15, 0.2) is 46.8 Å². The van der Waals surface area contributed by atoms with Crippen molar-refractivity contribution in [3.05, 3.63) is 53.8 Å². The van der Waals surface area contributed by atoms with Gasteiger partial charge in [0.2, 0.25) is 0 Å². The Hall–Kier alpha value is -1.92. The molecular formula is C17H14FNO2S2. The van der Waals surface area contributed by atoms with E-state index in [4.69, 9.17) is 4.74 Å². The molecule has 0 spiro atoms. The van der Waals surface area contributed by atoms with E-state index < -0.39 is 5.82 Å². The van der Waals surface area contributed by atoms with Crippen molar-refractivity contribution < 1.29 is 13.9 Å². The van der Waals surface area contributed by atoms with Gasteiger partial charge in [-0.1, -0.05) is 23.9 Å². The highest BCUT2D eigenvalue weighted by Gasteiger charge is 2.13. The molecule has 0 saturated heterocycles. The molecule has 6 heteroatoms. The zero-order chi connectivity index (χ0) is 16.2. The number of nitrogens with zero attached hydrogens (tertiary/aromatic N) is 1. The summed E-state index contributed by atoms with van der Waals surface area (Å²) in [5.74, 6) is 0.257. The van der Waals surface area contributed by atoms with Crippen molar-refractivity contribution in [2.45, 2.75) is 11.3 Å². The minimum Gasteiger partial charge on any atom is -0.494 e. The molecule has 0 radical (unpaired) electrons. The number of hydrogen-bond acceptors (Lipinski definition) is 5. The maximum atomic E-state index is 13.6. The van der Waals surface area contributed by atoms with E-state index in [-0.39, 0.29) is 17.1 Å². The first kappa shape index (κ1) is 16.0. The molecule has 0 bridgehead atoms. The highest BCUT2D eigenvalue weighted by molar-refractivity contribution is 8.01. The smallest absolute Gasteiger partial charge is 0.176 e. The van der Waals surface area contributed by atoms with Gasteiger partial charge in [0.25, 0.3) is 0 Å². The lowest BCUT2D eigenvalue weighted by atomic mass is 10.1. The number of aromatic nitrogens is 1. The fraction of sp³-hybridized carbons (Fsp3) is 0.176. The molecule has 1 heterocycles. The topological polar surface area (TPSA) is 39.2 Å². The number of halogens is 1. The molecular weight excluding hydrogens is 333 g/mol. The summed E-state index contributed by atoms with van der Waals surface area (Å²) in [7, 11) is 0. The third kappa shape index (κ3) is 3.71. The Morgan fingerprint density at radius 1 is 1.30 bits per heavy atom. The van der Waals surface area contributed by atoms with Gasteiger partial charge in [0.05, 0.1) is 28.1 Å². The summed E-state index contributed by atoms with van der Waals surface area (Å²) in [5.41, 5.74) is 0.999. The lowest BCUT2D eigenvalue weighted by molar-refractivity contribution is 0.101. The summed E-state index contributed by atoms with van der Waals surface area (Å²) in [6.45, 7) is 2.55. The Bertz CT molecular complexity index is 847. The Labute approximate surface area is 141 Å². The Kier molecular flexibility index (Phi) is 4.93. The van der Waals surface area contributed by atoms with E-state index in [1.807, 2.05) is 25.1 Å². The van der Waals surface area contributed by atoms with E-state index in [1.54, 1.807) is 12.1 Å². The number of benzene rings is 2. The molecule has 118 valence electrons. The Balaban J connectivity index is 1.72. The van der Waals surface area contributed by atoms with Crippen LogP contribution >= 0.6 is 23.1 Å². The molecule has 0 atom stereocenters. The number of thiazole rings is 1. The Morgan fingerprint density at radius 2 is 2.13 bits per heavy atom. The van der Waals surface area contributed by atoms with Gasteiger partial charge in [0.1, 0.15) is 11.6 Å². The van der Waals surface area contributed by atoms with Gasteiger partial charge >= 0.3 is 0 Å². The molecule has 0 aliphatic rings. The van der Waals surface area contributed by atoms with Crippen molar-refractivity contribution in [3.63, 3.8) is 0 Å². The van der Waals surface area contributed by atoms with Gasteiger partial charge in [0.15, 0.2) is 10.1 Å². The quantitative estimate of drug-likeness (QED) is 0.474. The first-order valence-electron chi connectivity index (χ1n) is 7.11. The standard InChI is InChI=1S/C17H14FNO2S2/c1-2-21-11-7-8-14-16(9-11)23-17(19-14)22-10-15(20)12-5-3-4-6-13(12)18/h3-9H,2,10H2,1H3. The number of fused-ring (bicyclic) bond motifs is 1. The van der Waals surface area contributed by atoms with Gasteiger partial charge < -0.3 is 4.74 Å². The molecule has 3 rings (SSSR count). The summed E-state index contributed by atoms with van der Waals surface area (Å²) in [5, 5.41) is 0. The maximum absolute atomic E-state index is 13.6. The highest BCUT2D eigenvalue weighted by atomic mass is 32.2. The van der Waals surface area contributed by atoms with Crippen LogP contribution in [0, 0.1) is 5.82 Å². The molecule has 0 amide bonds. The van der Waals surface area contributed by atoms with E-state index in [0.29, 0.717) is 6.61 Å². The normalized spacial score (nSPS) is 10.9. The highest BCUT2D eigenvalue weighted by Crippen LogP contribution is 2.32. The first-order chi connectivity index (χ1) is 11.2. The SMILES string of the molecule is CCOc1ccc2nc(SCC(=O)c3ccccc3F)sc2c1. The number of carbonyl (C=O) groups excluding carboxylic acids is 1. The maximum Gasteiger partial charge on any atom is 0.176 e. The third-order valence-corrected chi connectivity index (χ3v) is 5.31. The van der Waals surface area contributed by atoms with E-state index in [1.165, 1.54) is 35.2 Å². The number of rotatable bonds is 6. The van der Waals surface area contributed by atoms with Gasteiger partial charge in [-0.3, -0.25) is 4.79 Å². The minimum absolute atomic E-state index is 0.125. The average molecular weight is 347 g/mol. The molecule has 0 unspecified atom stereocenters. The predicted molar refractivity (Wildman–Crippen MR) is 92.2 cm³/mol. The number of ketones is 1. The van der Waals surface area contributed by atoms with Crippen molar-refractivity contribution in [1.82, 2.24) is 4.98 Å². The van der Waals surface area contributed by atoms with Crippen molar-refractivity contribution in [1.29, 1.82) is 0 Å². The van der Waals surface area contributed by atoms with Gasteiger partial charge in [-0.25, -0.2) is 9.37 Å². The van der Waals surface area contributed by atoms with Gasteiger partial charge in [-0.2, -0.15) is 0 Å². The number of carbonyl (C=O) groups is 1. The third-order valence-electron chi connectivity index (χ3n) is 3.15. The monoisotopic (exact) mass is 347 g/mol. The fourth-order valence-corrected chi connectivity index (χ4v) is 4.07. The largest absolute Gasteiger partial charge is 0.494 e. The van der Waals surface area contributed by atoms with Crippen LogP contribution in [0.3, 0.4) is 0 Å². The number of hydrogen-bond donors (Lipinski definition) is 0. The lowest BCUT2D eigenvalue weighted by Crippen LogP contribution is -2.04. The van der Waals surface area contributed by atoms with Crippen molar-refractivity contribution in [2.24, 2.45) is 0 Å². The van der Waals surface area contributed by atoms with Crippen LogP contribution in [0.4, 0.5) is 4.39 Å². The molecule has 0 aliphatic heterocycles. The number of Topliss-reactive ketones (excluding diaryl/α,β-unsaturated/α-hetero) is 1. The summed E-state index contributed by atoms with van der Waals surface area (Å²) in [4.78, 5) is 16.6. The number of ether oxygens (including phenoxy) is 1. The molecule has 0 N–H and O–H groups in total.